The Morgan fingerprint density at radius 2 is 2.20 bits per heavy atom. The smallest absolute Gasteiger partial charge is 0.229 e. The molecule has 1 atom stereocenters. The van der Waals surface area contributed by atoms with Crippen LogP contribution in [0.1, 0.15) is 38.8 Å². The maximum Gasteiger partial charge on any atom is 0.229 e. The van der Waals surface area contributed by atoms with E-state index in [2.05, 4.69) is 34.0 Å². The molecule has 2 rings (SSSR count). The van der Waals surface area contributed by atoms with Crippen molar-refractivity contribution in [1.82, 2.24) is 15.3 Å². The second-order valence-corrected chi connectivity index (χ2v) is 5.34. The zero-order chi connectivity index (χ0) is 14.4. The topological polar surface area (TPSA) is 50.3 Å². The molecule has 0 amide bonds. The van der Waals surface area contributed by atoms with Crippen molar-refractivity contribution in [3.05, 3.63) is 11.8 Å². The third kappa shape index (κ3) is 3.82. The fourth-order valence-electron chi connectivity index (χ4n) is 2.53. The van der Waals surface area contributed by atoms with E-state index in [1.165, 1.54) is 0 Å². The summed E-state index contributed by atoms with van der Waals surface area (Å²) < 4.78 is 5.67. The summed E-state index contributed by atoms with van der Waals surface area (Å²) in [6.07, 6.45) is 3.24. The van der Waals surface area contributed by atoms with Crippen LogP contribution in [0.15, 0.2) is 6.07 Å². The van der Waals surface area contributed by atoms with E-state index in [0.29, 0.717) is 18.5 Å². The van der Waals surface area contributed by atoms with Crippen LogP contribution in [0.2, 0.25) is 0 Å². The molecule has 0 aromatic carbocycles. The van der Waals surface area contributed by atoms with Gasteiger partial charge in [-0.15, -0.1) is 0 Å². The highest BCUT2D eigenvalue weighted by atomic mass is 16.5. The van der Waals surface area contributed by atoms with Crippen molar-refractivity contribution in [2.45, 2.75) is 46.1 Å². The van der Waals surface area contributed by atoms with Gasteiger partial charge < -0.3 is 15.0 Å². The lowest BCUT2D eigenvalue weighted by Crippen LogP contribution is -2.38. The summed E-state index contributed by atoms with van der Waals surface area (Å²) in [6, 6.07) is 2.41. The Hall–Kier alpha value is -1.36. The van der Waals surface area contributed by atoms with Gasteiger partial charge in [0.2, 0.25) is 11.8 Å². The minimum Gasteiger partial charge on any atom is -0.478 e. The third-order valence-electron chi connectivity index (χ3n) is 3.47. The van der Waals surface area contributed by atoms with Crippen LogP contribution in [0.25, 0.3) is 0 Å². The number of nitrogens with one attached hydrogen (secondary N) is 1. The fourth-order valence-corrected chi connectivity index (χ4v) is 2.53. The number of nitrogens with zero attached hydrogens (tertiary/aromatic N) is 3. The summed E-state index contributed by atoms with van der Waals surface area (Å²) >= 11 is 0. The van der Waals surface area contributed by atoms with Crippen LogP contribution in [-0.2, 0) is 0 Å². The average molecular weight is 278 g/mol. The van der Waals surface area contributed by atoms with Gasteiger partial charge >= 0.3 is 0 Å². The maximum absolute atomic E-state index is 5.67. The normalized spacial score (nSPS) is 18.2. The zero-order valence-corrected chi connectivity index (χ0v) is 12.9. The monoisotopic (exact) mass is 278 g/mol. The van der Waals surface area contributed by atoms with Gasteiger partial charge in [0.15, 0.2) is 0 Å². The van der Waals surface area contributed by atoms with E-state index in [1.54, 1.807) is 0 Å². The molecule has 5 heteroatoms. The van der Waals surface area contributed by atoms with E-state index in [0.717, 1.165) is 50.5 Å². The lowest BCUT2D eigenvalue weighted by atomic mass is 10.2. The van der Waals surface area contributed by atoms with E-state index in [4.69, 9.17) is 4.74 Å². The number of anilines is 1. The minimum absolute atomic E-state index is 0.496. The first kappa shape index (κ1) is 15.0. The zero-order valence-electron chi connectivity index (χ0n) is 12.9. The summed E-state index contributed by atoms with van der Waals surface area (Å²) in [7, 11) is 0. The van der Waals surface area contributed by atoms with Gasteiger partial charge in [0, 0.05) is 30.9 Å². The second kappa shape index (κ2) is 7.43. The van der Waals surface area contributed by atoms with Crippen molar-refractivity contribution in [2.24, 2.45) is 0 Å². The molecular formula is C15H26N4O. The van der Waals surface area contributed by atoms with Crippen LogP contribution >= 0.6 is 0 Å². The van der Waals surface area contributed by atoms with Gasteiger partial charge in [-0.3, -0.25) is 0 Å². The molecule has 1 aromatic heterocycles. The average Bonchev–Trinajstić information content (AvgIpc) is 2.95. The lowest BCUT2D eigenvalue weighted by Gasteiger charge is -2.28. The molecule has 5 nitrogen and oxygen atoms in total. The van der Waals surface area contributed by atoms with Crippen molar-refractivity contribution in [3.63, 3.8) is 0 Å². The van der Waals surface area contributed by atoms with E-state index in [9.17, 15) is 0 Å². The first-order chi connectivity index (χ1) is 9.74. The Bertz CT molecular complexity index is 418. The molecule has 1 fully saturated rings. The number of hydrogen-bond acceptors (Lipinski definition) is 5. The largest absolute Gasteiger partial charge is 0.478 e. The molecule has 1 aliphatic rings. The molecule has 1 saturated heterocycles. The molecule has 112 valence electrons. The van der Waals surface area contributed by atoms with Crippen molar-refractivity contribution in [3.8, 4) is 5.88 Å². The summed E-state index contributed by atoms with van der Waals surface area (Å²) in [5, 5.41) is 3.42. The van der Waals surface area contributed by atoms with Gasteiger partial charge in [0.1, 0.15) is 0 Å². The predicted octanol–water partition coefficient (Wildman–Crippen LogP) is 2.15. The van der Waals surface area contributed by atoms with Crippen molar-refractivity contribution in [2.75, 3.05) is 31.1 Å². The van der Waals surface area contributed by atoms with Gasteiger partial charge in [-0.2, -0.15) is 4.98 Å². The van der Waals surface area contributed by atoms with Crippen molar-refractivity contribution < 1.29 is 4.74 Å². The number of aryl methyl sites for hydroxylation is 1. The van der Waals surface area contributed by atoms with Crippen molar-refractivity contribution in [1.29, 1.82) is 0 Å². The number of hydrogen-bond donors (Lipinski definition) is 1. The first-order valence-corrected chi connectivity index (χ1v) is 7.70. The Balaban J connectivity index is 2.19. The number of aromatic nitrogens is 2. The molecule has 0 aliphatic carbocycles. The van der Waals surface area contributed by atoms with Crippen LogP contribution in [0.3, 0.4) is 0 Å². The third-order valence-corrected chi connectivity index (χ3v) is 3.47. The molecule has 1 aliphatic heterocycles. The first-order valence-electron chi connectivity index (χ1n) is 7.70. The van der Waals surface area contributed by atoms with E-state index < -0.39 is 0 Å². The van der Waals surface area contributed by atoms with Crippen LogP contribution < -0.4 is 15.0 Å². The predicted molar refractivity (Wildman–Crippen MR) is 81.5 cm³/mol. The summed E-state index contributed by atoms with van der Waals surface area (Å²) in [6.45, 7) is 10.1. The Morgan fingerprint density at radius 1 is 1.35 bits per heavy atom. The second-order valence-electron chi connectivity index (χ2n) is 5.34. The van der Waals surface area contributed by atoms with Gasteiger partial charge in [0.05, 0.1) is 6.61 Å². The van der Waals surface area contributed by atoms with Gasteiger partial charge in [-0.05, 0) is 32.7 Å². The molecular weight excluding hydrogens is 252 g/mol. The maximum atomic E-state index is 5.67. The molecule has 1 N–H and O–H groups in total. The summed E-state index contributed by atoms with van der Waals surface area (Å²) in [5.41, 5.74) is 0.966. The van der Waals surface area contributed by atoms with Crippen LogP contribution in [0, 0.1) is 6.92 Å². The van der Waals surface area contributed by atoms with E-state index >= 15 is 0 Å². The molecule has 1 aromatic rings. The standard InChI is InChI=1S/C15H26N4O/c1-4-8-19(13-6-7-16-11-13)15-17-12(3)10-14(18-15)20-9-5-2/h10,13,16H,4-9,11H2,1-3H3. The quantitative estimate of drug-likeness (QED) is 0.828. The Kier molecular flexibility index (Phi) is 5.59. The van der Waals surface area contributed by atoms with Gasteiger partial charge in [-0.1, -0.05) is 13.8 Å². The lowest BCUT2D eigenvalue weighted by molar-refractivity contribution is 0.304. The van der Waals surface area contributed by atoms with Crippen LogP contribution in [-0.4, -0.2) is 42.3 Å². The Morgan fingerprint density at radius 3 is 2.85 bits per heavy atom. The highest BCUT2D eigenvalue weighted by molar-refractivity contribution is 5.36. The van der Waals surface area contributed by atoms with E-state index in [1.807, 2.05) is 13.0 Å². The fraction of sp³-hybridized carbons (Fsp3) is 0.733. The number of rotatable bonds is 7. The molecule has 0 spiro atoms. The molecule has 20 heavy (non-hydrogen) atoms. The van der Waals surface area contributed by atoms with Gasteiger partial charge in [-0.25, -0.2) is 4.98 Å². The highest BCUT2D eigenvalue weighted by Gasteiger charge is 2.24. The molecule has 0 bridgehead atoms. The Labute approximate surface area is 121 Å². The molecule has 0 radical (unpaired) electrons. The van der Waals surface area contributed by atoms with Crippen LogP contribution in [0.4, 0.5) is 5.95 Å². The summed E-state index contributed by atoms with van der Waals surface area (Å²) in [4.78, 5) is 11.5. The minimum atomic E-state index is 0.496. The van der Waals surface area contributed by atoms with E-state index in [-0.39, 0.29) is 0 Å². The SMILES string of the molecule is CCCOc1cc(C)nc(N(CCC)C2CCNC2)n1. The van der Waals surface area contributed by atoms with Gasteiger partial charge in [0.25, 0.3) is 0 Å². The molecule has 0 saturated carbocycles. The van der Waals surface area contributed by atoms with Crippen LogP contribution in [0.5, 0.6) is 5.88 Å². The highest BCUT2D eigenvalue weighted by Crippen LogP contribution is 2.20. The molecule has 2 heterocycles. The van der Waals surface area contributed by atoms with Crippen molar-refractivity contribution >= 4 is 5.95 Å². The number of ether oxygens (including phenoxy) is 1. The molecule has 1 unspecified atom stereocenters. The summed E-state index contributed by atoms with van der Waals surface area (Å²) in [5.74, 6) is 1.51.